The molecule has 0 aliphatic rings. The molecular formula is C21H28BNO3. The topological polar surface area (TPSA) is 73.1 Å². The van der Waals surface area contributed by atoms with Crippen molar-refractivity contribution in [3.8, 4) is 5.75 Å². The fourth-order valence-corrected chi connectivity index (χ4v) is 2.72. The summed E-state index contributed by atoms with van der Waals surface area (Å²) in [5, 5.41) is 29.8. The van der Waals surface area contributed by atoms with Crippen molar-refractivity contribution in [1.29, 1.82) is 0 Å². The molecule has 0 unspecified atom stereocenters. The van der Waals surface area contributed by atoms with Crippen LogP contribution in [0.15, 0.2) is 41.4 Å². The SMILES string of the molecule is CC(C)(C)c1cc(C=Nc2ccccc2B(O)O)c(O)c(C(C)(C)C)c1. The minimum Gasteiger partial charge on any atom is -0.507 e. The van der Waals surface area contributed by atoms with E-state index in [1.165, 1.54) is 0 Å². The molecule has 0 aliphatic heterocycles. The third-order valence-electron chi connectivity index (χ3n) is 4.37. The van der Waals surface area contributed by atoms with Crippen LogP contribution in [0.5, 0.6) is 5.75 Å². The number of benzene rings is 2. The van der Waals surface area contributed by atoms with Gasteiger partial charge in [0.05, 0.1) is 5.69 Å². The van der Waals surface area contributed by atoms with Gasteiger partial charge < -0.3 is 15.2 Å². The molecule has 0 atom stereocenters. The van der Waals surface area contributed by atoms with Gasteiger partial charge in [0.1, 0.15) is 5.75 Å². The number of phenols is 1. The van der Waals surface area contributed by atoms with Crippen LogP contribution in [-0.4, -0.2) is 28.5 Å². The lowest BCUT2D eigenvalue weighted by molar-refractivity contribution is 0.426. The number of hydrogen-bond acceptors (Lipinski definition) is 4. The zero-order valence-electron chi connectivity index (χ0n) is 16.4. The van der Waals surface area contributed by atoms with E-state index in [2.05, 4.69) is 52.6 Å². The monoisotopic (exact) mass is 353 g/mol. The Hall–Kier alpha value is -2.11. The van der Waals surface area contributed by atoms with E-state index in [0.29, 0.717) is 16.7 Å². The molecule has 138 valence electrons. The molecule has 2 aromatic carbocycles. The second-order valence-corrected chi connectivity index (χ2v) is 8.65. The third kappa shape index (κ3) is 4.54. The number of nitrogens with zero attached hydrogens (tertiary/aromatic N) is 1. The van der Waals surface area contributed by atoms with Crippen molar-refractivity contribution in [2.75, 3.05) is 0 Å². The maximum Gasteiger partial charge on any atom is 0.490 e. The zero-order valence-corrected chi connectivity index (χ0v) is 16.4. The Morgan fingerprint density at radius 3 is 2.08 bits per heavy atom. The summed E-state index contributed by atoms with van der Waals surface area (Å²) >= 11 is 0. The molecule has 0 fully saturated rings. The van der Waals surface area contributed by atoms with Crippen molar-refractivity contribution in [2.45, 2.75) is 52.4 Å². The molecule has 2 aromatic rings. The van der Waals surface area contributed by atoms with Gasteiger partial charge in [-0.05, 0) is 28.5 Å². The molecule has 2 rings (SSSR count). The van der Waals surface area contributed by atoms with Gasteiger partial charge in [-0.2, -0.15) is 0 Å². The molecule has 0 spiro atoms. The van der Waals surface area contributed by atoms with Gasteiger partial charge in [-0.1, -0.05) is 65.8 Å². The van der Waals surface area contributed by atoms with E-state index in [-0.39, 0.29) is 16.6 Å². The smallest absolute Gasteiger partial charge is 0.490 e. The first-order chi connectivity index (χ1) is 11.9. The lowest BCUT2D eigenvalue weighted by Gasteiger charge is -2.27. The van der Waals surface area contributed by atoms with Crippen LogP contribution < -0.4 is 5.46 Å². The van der Waals surface area contributed by atoms with Crippen LogP contribution in [0, 0.1) is 0 Å². The Bertz CT molecular complexity index is 815. The molecule has 0 radical (unpaired) electrons. The van der Waals surface area contributed by atoms with Crippen molar-refractivity contribution in [3.05, 3.63) is 53.1 Å². The maximum absolute atomic E-state index is 10.8. The van der Waals surface area contributed by atoms with E-state index in [1.54, 1.807) is 30.5 Å². The quantitative estimate of drug-likeness (QED) is 0.585. The highest BCUT2D eigenvalue weighted by Crippen LogP contribution is 2.37. The molecule has 4 nitrogen and oxygen atoms in total. The van der Waals surface area contributed by atoms with E-state index in [4.69, 9.17) is 0 Å². The summed E-state index contributed by atoms with van der Waals surface area (Å²) in [7, 11) is -1.59. The van der Waals surface area contributed by atoms with Gasteiger partial charge in [-0.15, -0.1) is 0 Å². The second-order valence-electron chi connectivity index (χ2n) is 8.65. The molecule has 0 saturated heterocycles. The lowest BCUT2D eigenvalue weighted by Crippen LogP contribution is -2.29. The standard InChI is InChI=1S/C21H28BNO3/c1-20(2,3)15-11-14(19(24)16(12-15)21(4,5)6)13-23-18-10-8-7-9-17(18)22(25)26/h7-13,24-26H,1-6H3. The summed E-state index contributed by atoms with van der Waals surface area (Å²) in [4.78, 5) is 4.40. The van der Waals surface area contributed by atoms with Crippen molar-refractivity contribution < 1.29 is 15.2 Å². The third-order valence-corrected chi connectivity index (χ3v) is 4.37. The number of aromatic hydroxyl groups is 1. The summed E-state index contributed by atoms with van der Waals surface area (Å²) < 4.78 is 0. The molecule has 0 bridgehead atoms. The maximum atomic E-state index is 10.8. The Labute approximate surface area is 156 Å². The summed E-state index contributed by atoms with van der Waals surface area (Å²) in [6.45, 7) is 12.6. The number of rotatable bonds is 3. The van der Waals surface area contributed by atoms with Crippen LogP contribution in [0.3, 0.4) is 0 Å². The number of hydrogen-bond donors (Lipinski definition) is 3. The summed E-state index contributed by atoms with van der Waals surface area (Å²) in [5.41, 5.74) is 3.08. The minimum atomic E-state index is -1.59. The van der Waals surface area contributed by atoms with E-state index < -0.39 is 7.12 Å². The van der Waals surface area contributed by atoms with Crippen LogP contribution in [0.2, 0.25) is 0 Å². The predicted molar refractivity (Wildman–Crippen MR) is 109 cm³/mol. The van der Waals surface area contributed by atoms with Gasteiger partial charge in [0.2, 0.25) is 0 Å². The van der Waals surface area contributed by atoms with Crippen LogP contribution in [0.4, 0.5) is 5.69 Å². The van der Waals surface area contributed by atoms with Gasteiger partial charge in [0.15, 0.2) is 0 Å². The highest BCUT2D eigenvalue weighted by Gasteiger charge is 2.24. The normalized spacial score (nSPS) is 12.6. The molecule has 0 saturated carbocycles. The Morgan fingerprint density at radius 2 is 1.54 bits per heavy atom. The van der Waals surface area contributed by atoms with Crippen LogP contribution in [0.1, 0.15) is 58.2 Å². The molecule has 0 amide bonds. The van der Waals surface area contributed by atoms with E-state index in [9.17, 15) is 15.2 Å². The molecule has 5 heteroatoms. The molecule has 3 N–H and O–H groups in total. The van der Waals surface area contributed by atoms with Crippen molar-refractivity contribution in [1.82, 2.24) is 0 Å². The van der Waals surface area contributed by atoms with E-state index in [1.807, 2.05) is 6.07 Å². The summed E-state index contributed by atoms with van der Waals surface area (Å²) in [5.74, 6) is 0.205. The van der Waals surface area contributed by atoms with E-state index >= 15 is 0 Å². The fraction of sp³-hybridized carbons (Fsp3) is 0.381. The predicted octanol–water partition coefficient (Wildman–Crippen LogP) is 3.42. The van der Waals surface area contributed by atoms with Crippen molar-refractivity contribution in [2.24, 2.45) is 4.99 Å². The molecule has 0 heterocycles. The Kier molecular flexibility index (Phi) is 5.64. The second kappa shape index (κ2) is 7.26. The highest BCUT2D eigenvalue weighted by atomic mass is 16.4. The van der Waals surface area contributed by atoms with Crippen molar-refractivity contribution >= 4 is 24.5 Å². The van der Waals surface area contributed by atoms with Gasteiger partial charge in [-0.3, -0.25) is 4.99 Å². The number of phenolic OH excluding ortho intramolecular Hbond substituents is 1. The first-order valence-electron chi connectivity index (χ1n) is 8.78. The Morgan fingerprint density at radius 1 is 0.923 bits per heavy atom. The fourth-order valence-electron chi connectivity index (χ4n) is 2.72. The van der Waals surface area contributed by atoms with Crippen molar-refractivity contribution in [3.63, 3.8) is 0 Å². The van der Waals surface area contributed by atoms with Crippen LogP contribution >= 0.6 is 0 Å². The van der Waals surface area contributed by atoms with Gasteiger partial charge in [0, 0.05) is 22.8 Å². The molecule has 0 aliphatic carbocycles. The molecule has 0 aromatic heterocycles. The Balaban J connectivity index is 2.59. The highest BCUT2D eigenvalue weighted by molar-refractivity contribution is 6.60. The zero-order chi connectivity index (χ0) is 19.7. The average Bonchev–Trinajstić information content (AvgIpc) is 2.51. The molecule has 26 heavy (non-hydrogen) atoms. The minimum absolute atomic E-state index is 0.0739. The van der Waals surface area contributed by atoms with Crippen LogP contribution in [0.25, 0.3) is 0 Å². The van der Waals surface area contributed by atoms with Crippen LogP contribution in [-0.2, 0) is 10.8 Å². The van der Waals surface area contributed by atoms with Gasteiger partial charge >= 0.3 is 7.12 Å². The summed E-state index contributed by atoms with van der Waals surface area (Å²) in [6, 6.07) is 10.8. The van der Waals surface area contributed by atoms with E-state index in [0.717, 1.165) is 11.1 Å². The first kappa shape index (κ1) is 20.2. The van der Waals surface area contributed by atoms with Gasteiger partial charge in [0.25, 0.3) is 0 Å². The lowest BCUT2D eigenvalue weighted by atomic mass is 9.78. The molecular weight excluding hydrogens is 325 g/mol. The number of aliphatic imine (C=N–C) groups is 1. The largest absolute Gasteiger partial charge is 0.507 e. The van der Waals surface area contributed by atoms with Gasteiger partial charge in [-0.25, -0.2) is 0 Å². The number of para-hydroxylation sites is 1. The summed E-state index contributed by atoms with van der Waals surface area (Å²) in [6.07, 6.45) is 1.58. The first-order valence-corrected chi connectivity index (χ1v) is 8.78. The average molecular weight is 353 g/mol.